The molecule has 2 aliphatic carbocycles. The third kappa shape index (κ3) is 1.73. The van der Waals surface area contributed by atoms with Crippen molar-refractivity contribution in [3.63, 3.8) is 0 Å². The molecular weight excluding hydrogens is 236 g/mol. The van der Waals surface area contributed by atoms with Gasteiger partial charge in [-0.05, 0) is 37.5 Å². The van der Waals surface area contributed by atoms with Gasteiger partial charge in [0.1, 0.15) is 11.5 Å². The summed E-state index contributed by atoms with van der Waals surface area (Å²) in [5.74, 6) is 1.67. The molecule has 0 aromatic heterocycles. The molecule has 0 spiro atoms. The highest BCUT2D eigenvalue weighted by molar-refractivity contribution is 5.98. The summed E-state index contributed by atoms with van der Waals surface area (Å²) in [5.41, 5.74) is 2.43. The molecule has 0 N–H and O–H groups in total. The quantitative estimate of drug-likeness (QED) is 0.754. The van der Waals surface area contributed by atoms with E-state index < -0.39 is 0 Å². The van der Waals surface area contributed by atoms with Crippen molar-refractivity contribution in [2.75, 3.05) is 7.11 Å². The maximum Gasteiger partial charge on any atom is 0.147 e. The number of carbonyl (C=O) groups is 1. The van der Waals surface area contributed by atoms with Crippen molar-refractivity contribution in [2.24, 2.45) is 11.3 Å². The molecular formula is C17H20O2. The molecule has 1 fully saturated rings. The minimum Gasteiger partial charge on any atom is -0.497 e. The smallest absolute Gasteiger partial charge is 0.147 e. The van der Waals surface area contributed by atoms with E-state index in [9.17, 15) is 4.79 Å². The predicted molar refractivity (Wildman–Crippen MR) is 75.3 cm³/mol. The van der Waals surface area contributed by atoms with E-state index in [1.165, 1.54) is 5.57 Å². The topological polar surface area (TPSA) is 26.3 Å². The van der Waals surface area contributed by atoms with Gasteiger partial charge in [-0.1, -0.05) is 30.7 Å². The van der Waals surface area contributed by atoms with Crippen molar-refractivity contribution >= 4 is 5.78 Å². The van der Waals surface area contributed by atoms with Gasteiger partial charge in [0.15, 0.2) is 0 Å². The van der Waals surface area contributed by atoms with Gasteiger partial charge in [-0.2, -0.15) is 0 Å². The normalized spacial score (nSPS) is 33.2. The molecule has 2 nitrogen and oxygen atoms in total. The molecule has 2 heteroatoms. The van der Waals surface area contributed by atoms with Crippen LogP contribution in [0.15, 0.2) is 35.9 Å². The summed E-state index contributed by atoms with van der Waals surface area (Å²) in [5, 5.41) is 0. The maximum atomic E-state index is 12.5. The molecule has 0 amide bonds. The van der Waals surface area contributed by atoms with E-state index >= 15 is 0 Å². The van der Waals surface area contributed by atoms with Gasteiger partial charge < -0.3 is 4.74 Å². The molecule has 0 radical (unpaired) electrons. The van der Waals surface area contributed by atoms with Crippen LogP contribution < -0.4 is 4.74 Å². The Kier molecular flexibility index (Phi) is 2.77. The van der Waals surface area contributed by atoms with Crippen LogP contribution in [0.5, 0.6) is 5.75 Å². The first-order valence-electron chi connectivity index (χ1n) is 6.92. The number of hydrogen-bond donors (Lipinski definition) is 0. The Morgan fingerprint density at radius 1 is 1.26 bits per heavy atom. The lowest BCUT2D eigenvalue weighted by Gasteiger charge is -2.53. The van der Waals surface area contributed by atoms with E-state index in [-0.39, 0.29) is 11.3 Å². The highest BCUT2D eigenvalue weighted by Crippen LogP contribution is 2.58. The van der Waals surface area contributed by atoms with E-state index in [2.05, 4.69) is 19.9 Å². The van der Waals surface area contributed by atoms with Gasteiger partial charge in [-0.15, -0.1) is 0 Å². The van der Waals surface area contributed by atoms with Crippen LogP contribution in [-0.2, 0) is 4.79 Å². The summed E-state index contributed by atoms with van der Waals surface area (Å²) in [7, 11) is 1.66. The van der Waals surface area contributed by atoms with E-state index in [1.807, 2.05) is 24.3 Å². The molecule has 2 aliphatic rings. The number of methoxy groups -OCH3 is 1. The number of allylic oxidation sites excluding steroid dienone is 2. The Morgan fingerprint density at radius 3 is 2.58 bits per heavy atom. The van der Waals surface area contributed by atoms with Gasteiger partial charge in [-0.3, -0.25) is 4.79 Å². The average molecular weight is 256 g/mol. The third-order valence-electron chi connectivity index (χ3n) is 4.92. The van der Waals surface area contributed by atoms with Crippen molar-refractivity contribution in [2.45, 2.75) is 32.6 Å². The lowest BCUT2D eigenvalue weighted by molar-refractivity contribution is -0.146. The van der Waals surface area contributed by atoms with Crippen LogP contribution in [-0.4, -0.2) is 12.9 Å². The number of carbonyl (C=O) groups excluding carboxylic acids is 1. The summed E-state index contributed by atoms with van der Waals surface area (Å²) < 4.78 is 5.17. The van der Waals surface area contributed by atoms with Crippen LogP contribution in [0.25, 0.3) is 0 Å². The maximum absolute atomic E-state index is 12.5. The van der Waals surface area contributed by atoms with Crippen molar-refractivity contribution in [1.29, 1.82) is 0 Å². The van der Waals surface area contributed by atoms with Gasteiger partial charge in [0, 0.05) is 11.3 Å². The standard InChI is InChI=1S/C17H20O2/c1-11-8-9-17(2)14(10-11)15(16(17)18)12-4-6-13(19-3)7-5-12/h4-7,10,14-15H,8-9H2,1-3H3/t14-,15+,17-/m0/s1. The van der Waals surface area contributed by atoms with Crippen LogP contribution in [0, 0.1) is 11.3 Å². The van der Waals surface area contributed by atoms with E-state index in [0.717, 1.165) is 24.2 Å². The minimum atomic E-state index is -0.121. The average Bonchev–Trinajstić information content (AvgIpc) is 2.44. The number of ketones is 1. The molecule has 0 bridgehead atoms. The van der Waals surface area contributed by atoms with Crippen molar-refractivity contribution in [3.05, 3.63) is 41.5 Å². The van der Waals surface area contributed by atoms with E-state index in [4.69, 9.17) is 4.74 Å². The van der Waals surface area contributed by atoms with Crippen LogP contribution in [0.4, 0.5) is 0 Å². The molecule has 1 aromatic carbocycles. The Hall–Kier alpha value is -1.57. The SMILES string of the molecule is COc1ccc([C@H]2C(=O)[C@@]3(C)CCC(C)=C[C@@H]23)cc1. The number of fused-ring (bicyclic) bond motifs is 1. The van der Waals surface area contributed by atoms with Gasteiger partial charge in [0.05, 0.1) is 13.0 Å². The molecule has 1 saturated carbocycles. The molecule has 3 rings (SSSR count). The first kappa shape index (κ1) is 12.5. The molecule has 1 aromatic rings. The van der Waals surface area contributed by atoms with Crippen LogP contribution in [0.1, 0.15) is 38.2 Å². The summed E-state index contributed by atoms with van der Waals surface area (Å²) in [4.78, 5) is 12.5. The fraction of sp³-hybridized carbons (Fsp3) is 0.471. The third-order valence-corrected chi connectivity index (χ3v) is 4.92. The number of rotatable bonds is 2. The minimum absolute atomic E-state index is 0.0474. The van der Waals surface area contributed by atoms with E-state index in [1.54, 1.807) is 7.11 Å². The molecule has 0 heterocycles. The van der Waals surface area contributed by atoms with Crippen LogP contribution >= 0.6 is 0 Å². The highest BCUT2D eigenvalue weighted by atomic mass is 16.5. The number of ether oxygens (including phenoxy) is 1. The molecule has 0 saturated heterocycles. The number of Topliss-reactive ketones (excluding diaryl/α,β-unsaturated/α-hetero) is 1. The summed E-state index contributed by atoms with van der Waals surface area (Å²) in [6, 6.07) is 7.94. The van der Waals surface area contributed by atoms with Crippen LogP contribution in [0.3, 0.4) is 0 Å². The lowest BCUT2D eigenvalue weighted by atomic mass is 9.48. The van der Waals surface area contributed by atoms with Gasteiger partial charge >= 0.3 is 0 Å². The zero-order valence-corrected chi connectivity index (χ0v) is 11.8. The fourth-order valence-corrected chi connectivity index (χ4v) is 3.54. The molecule has 19 heavy (non-hydrogen) atoms. The van der Waals surface area contributed by atoms with Crippen LogP contribution in [0.2, 0.25) is 0 Å². The fourth-order valence-electron chi connectivity index (χ4n) is 3.54. The highest BCUT2D eigenvalue weighted by Gasteiger charge is 2.58. The second-order valence-electron chi connectivity index (χ2n) is 6.07. The molecule has 0 unspecified atom stereocenters. The largest absolute Gasteiger partial charge is 0.497 e. The second-order valence-corrected chi connectivity index (χ2v) is 6.07. The van der Waals surface area contributed by atoms with E-state index in [0.29, 0.717) is 11.7 Å². The first-order chi connectivity index (χ1) is 9.06. The first-order valence-corrected chi connectivity index (χ1v) is 6.92. The summed E-state index contributed by atoms with van der Waals surface area (Å²) in [6.07, 6.45) is 4.39. The van der Waals surface area contributed by atoms with Crippen molar-refractivity contribution < 1.29 is 9.53 Å². The van der Waals surface area contributed by atoms with Crippen molar-refractivity contribution in [1.82, 2.24) is 0 Å². The Morgan fingerprint density at radius 2 is 1.95 bits per heavy atom. The zero-order valence-electron chi connectivity index (χ0n) is 11.8. The number of hydrogen-bond acceptors (Lipinski definition) is 2. The second kappa shape index (κ2) is 4.22. The molecule has 0 aliphatic heterocycles. The zero-order chi connectivity index (χ0) is 13.6. The van der Waals surface area contributed by atoms with Gasteiger partial charge in [0.25, 0.3) is 0 Å². The summed E-state index contributed by atoms with van der Waals surface area (Å²) in [6.45, 7) is 4.30. The van der Waals surface area contributed by atoms with Crippen molar-refractivity contribution in [3.8, 4) is 5.75 Å². The lowest BCUT2D eigenvalue weighted by Crippen LogP contribution is -2.54. The predicted octanol–water partition coefficient (Wildman–Crippen LogP) is 3.72. The Bertz CT molecular complexity index is 541. The Labute approximate surface area is 114 Å². The van der Waals surface area contributed by atoms with Gasteiger partial charge in [-0.25, -0.2) is 0 Å². The van der Waals surface area contributed by atoms with Gasteiger partial charge in [0.2, 0.25) is 0 Å². The monoisotopic (exact) mass is 256 g/mol. The number of benzene rings is 1. The summed E-state index contributed by atoms with van der Waals surface area (Å²) >= 11 is 0. The molecule has 100 valence electrons. The Balaban J connectivity index is 1.93. The molecule has 3 atom stereocenters.